The van der Waals surface area contributed by atoms with Gasteiger partial charge < -0.3 is 10.0 Å². The third-order valence-electron chi connectivity index (χ3n) is 2.12. The highest BCUT2D eigenvalue weighted by Gasteiger charge is 2.21. The number of piperidine rings is 1. The minimum absolute atomic E-state index is 0.0938. The van der Waals surface area contributed by atoms with Crippen LogP contribution >= 0.6 is 0 Å². The van der Waals surface area contributed by atoms with Crippen molar-refractivity contribution in [1.82, 2.24) is 4.90 Å². The maximum Gasteiger partial charge on any atom is 0.0692 e. The summed E-state index contributed by atoms with van der Waals surface area (Å²) in [4.78, 5) is 2.17. The van der Waals surface area contributed by atoms with Gasteiger partial charge in [0.2, 0.25) is 0 Å². The standard InChI is InChI=1S/C7H15NO/c1-6-3-4-8(2)5-7(6)9/h6-7,9H,3-5H2,1-2H3. The fourth-order valence-corrected chi connectivity index (χ4v) is 1.21. The van der Waals surface area contributed by atoms with Gasteiger partial charge in [-0.15, -0.1) is 0 Å². The number of likely N-dealkylation sites (tertiary alicyclic amines) is 1. The molecule has 2 unspecified atom stereocenters. The lowest BCUT2D eigenvalue weighted by molar-refractivity contribution is 0.0404. The van der Waals surface area contributed by atoms with Crippen molar-refractivity contribution < 1.29 is 5.11 Å². The van der Waals surface area contributed by atoms with E-state index in [9.17, 15) is 5.11 Å². The molecule has 0 aromatic rings. The Bertz CT molecular complexity index is 94.9. The summed E-state index contributed by atoms with van der Waals surface area (Å²) < 4.78 is 0. The van der Waals surface area contributed by atoms with E-state index in [0.29, 0.717) is 5.92 Å². The highest BCUT2D eigenvalue weighted by atomic mass is 16.3. The van der Waals surface area contributed by atoms with Crippen LogP contribution in [0.25, 0.3) is 0 Å². The minimum atomic E-state index is -0.0938. The van der Waals surface area contributed by atoms with E-state index in [0.717, 1.165) is 19.5 Å². The average molecular weight is 129 g/mol. The number of nitrogens with zero attached hydrogens (tertiary/aromatic N) is 1. The molecule has 1 aliphatic heterocycles. The summed E-state index contributed by atoms with van der Waals surface area (Å²) in [5.41, 5.74) is 0. The zero-order valence-electron chi connectivity index (χ0n) is 6.17. The van der Waals surface area contributed by atoms with E-state index >= 15 is 0 Å². The zero-order chi connectivity index (χ0) is 6.85. The van der Waals surface area contributed by atoms with Crippen molar-refractivity contribution in [3.8, 4) is 0 Å². The predicted octanol–water partition coefficient (Wildman–Crippen LogP) is 0.319. The van der Waals surface area contributed by atoms with Gasteiger partial charge in [-0.2, -0.15) is 0 Å². The van der Waals surface area contributed by atoms with Crippen LogP contribution in [0.15, 0.2) is 0 Å². The van der Waals surface area contributed by atoms with Crippen LogP contribution in [0.4, 0.5) is 0 Å². The quantitative estimate of drug-likeness (QED) is 0.509. The van der Waals surface area contributed by atoms with Crippen LogP contribution in [0.1, 0.15) is 13.3 Å². The van der Waals surface area contributed by atoms with Gasteiger partial charge in [0.25, 0.3) is 0 Å². The third kappa shape index (κ3) is 1.66. The van der Waals surface area contributed by atoms with Gasteiger partial charge in [-0.3, -0.25) is 0 Å². The Morgan fingerprint density at radius 1 is 1.56 bits per heavy atom. The third-order valence-corrected chi connectivity index (χ3v) is 2.12. The maximum atomic E-state index is 9.31. The van der Waals surface area contributed by atoms with Gasteiger partial charge in [0.1, 0.15) is 0 Å². The van der Waals surface area contributed by atoms with E-state index in [2.05, 4.69) is 18.9 Å². The molecule has 9 heavy (non-hydrogen) atoms. The fraction of sp³-hybridized carbons (Fsp3) is 1.00. The largest absolute Gasteiger partial charge is 0.392 e. The Balaban J connectivity index is 2.35. The number of rotatable bonds is 0. The molecule has 1 rings (SSSR count). The first-order chi connectivity index (χ1) is 4.20. The van der Waals surface area contributed by atoms with Crippen LogP contribution in [0.3, 0.4) is 0 Å². The van der Waals surface area contributed by atoms with Crippen LogP contribution < -0.4 is 0 Å². The Morgan fingerprint density at radius 3 is 2.67 bits per heavy atom. The second kappa shape index (κ2) is 2.67. The second-order valence-electron chi connectivity index (χ2n) is 3.10. The first-order valence-electron chi connectivity index (χ1n) is 3.57. The SMILES string of the molecule is CC1CCN(C)CC1O. The molecule has 1 heterocycles. The van der Waals surface area contributed by atoms with Gasteiger partial charge in [0, 0.05) is 6.54 Å². The van der Waals surface area contributed by atoms with Crippen molar-refractivity contribution in [1.29, 1.82) is 0 Å². The average Bonchev–Trinajstić information content (AvgIpc) is 1.80. The van der Waals surface area contributed by atoms with Crippen molar-refractivity contribution in [3.63, 3.8) is 0 Å². The molecular formula is C7H15NO. The molecule has 1 fully saturated rings. The lowest BCUT2D eigenvalue weighted by Crippen LogP contribution is -2.40. The highest BCUT2D eigenvalue weighted by molar-refractivity contribution is 4.74. The number of hydrogen-bond donors (Lipinski definition) is 1. The van der Waals surface area contributed by atoms with Crippen LogP contribution in [0.2, 0.25) is 0 Å². The highest BCUT2D eigenvalue weighted by Crippen LogP contribution is 2.14. The summed E-state index contributed by atoms with van der Waals surface area (Å²) >= 11 is 0. The molecule has 0 amide bonds. The Morgan fingerprint density at radius 2 is 2.22 bits per heavy atom. The van der Waals surface area contributed by atoms with Gasteiger partial charge in [0.15, 0.2) is 0 Å². The van der Waals surface area contributed by atoms with E-state index < -0.39 is 0 Å². The van der Waals surface area contributed by atoms with Crippen molar-refractivity contribution >= 4 is 0 Å². The number of β-amino-alcohol motifs (C(OH)–C–C–N with tert-alkyl or cyclic N) is 1. The minimum Gasteiger partial charge on any atom is -0.392 e. The van der Waals surface area contributed by atoms with Gasteiger partial charge in [-0.25, -0.2) is 0 Å². The molecule has 0 bridgehead atoms. The monoisotopic (exact) mass is 129 g/mol. The van der Waals surface area contributed by atoms with Gasteiger partial charge >= 0.3 is 0 Å². The van der Waals surface area contributed by atoms with Gasteiger partial charge in [-0.1, -0.05) is 6.92 Å². The molecule has 0 aliphatic carbocycles. The van der Waals surface area contributed by atoms with E-state index in [4.69, 9.17) is 0 Å². The first-order valence-corrected chi connectivity index (χ1v) is 3.57. The van der Waals surface area contributed by atoms with Crippen molar-refractivity contribution in [2.24, 2.45) is 5.92 Å². The first kappa shape index (κ1) is 7.03. The number of aliphatic hydroxyl groups excluding tert-OH is 1. The molecule has 1 aliphatic rings. The molecule has 0 aromatic heterocycles. The second-order valence-corrected chi connectivity index (χ2v) is 3.10. The van der Waals surface area contributed by atoms with Gasteiger partial charge in [-0.05, 0) is 25.9 Å². The molecule has 1 N–H and O–H groups in total. The predicted molar refractivity (Wildman–Crippen MR) is 37.3 cm³/mol. The molecule has 54 valence electrons. The van der Waals surface area contributed by atoms with E-state index in [1.54, 1.807) is 0 Å². The van der Waals surface area contributed by atoms with Crippen LogP contribution in [0, 0.1) is 5.92 Å². The summed E-state index contributed by atoms with van der Waals surface area (Å²) in [6.07, 6.45) is 1.04. The summed E-state index contributed by atoms with van der Waals surface area (Å²) in [6.45, 7) is 4.09. The molecule has 2 atom stereocenters. The van der Waals surface area contributed by atoms with Gasteiger partial charge in [0.05, 0.1) is 6.10 Å². The van der Waals surface area contributed by atoms with Crippen LogP contribution in [0.5, 0.6) is 0 Å². The summed E-state index contributed by atoms with van der Waals surface area (Å²) in [5, 5.41) is 9.31. The molecular weight excluding hydrogens is 114 g/mol. The van der Waals surface area contributed by atoms with E-state index in [-0.39, 0.29) is 6.10 Å². The zero-order valence-corrected chi connectivity index (χ0v) is 6.17. The molecule has 0 saturated carbocycles. The molecule has 0 radical (unpaired) electrons. The Kier molecular flexibility index (Phi) is 2.09. The molecule has 0 aromatic carbocycles. The Labute approximate surface area is 56.5 Å². The van der Waals surface area contributed by atoms with E-state index in [1.807, 2.05) is 0 Å². The normalized spacial score (nSPS) is 39.0. The number of hydrogen-bond acceptors (Lipinski definition) is 2. The molecule has 2 heteroatoms. The molecule has 1 saturated heterocycles. The molecule has 0 spiro atoms. The van der Waals surface area contributed by atoms with E-state index in [1.165, 1.54) is 0 Å². The molecule has 2 nitrogen and oxygen atoms in total. The summed E-state index contributed by atoms with van der Waals surface area (Å²) in [7, 11) is 2.05. The number of likely N-dealkylation sites (N-methyl/N-ethyl adjacent to an activating group) is 1. The summed E-state index contributed by atoms with van der Waals surface area (Å²) in [6, 6.07) is 0. The van der Waals surface area contributed by atoms with Crippen LogP contribution in [-0.2, 0) is 0 Å². The Hall–Kier alpha value is -0.0800. The summed E-state index contributed by atoms with van der Waals surface area (Å²) in [5.74, 6) is 0.501. The van der Waals surface area contributed by atoms with Crippen molar-refractivity contribution in [2.75, 3.05) is 20.1 Å². The lowest BCUT2D eigenvalue weighted by Gasteiger charge is -2.31. The van der Waals surface area contributed by atoms with Crippen molar-refractivity contribution in [3.05, 3.63) is 0 Å². The topological polar surface area (TPSA) is 23.5 Å². The van der Waals surface area contributed by atoms with Crippen LogP contribution in [-0.4, -0.2) is 36.2 Å². The fourth-order valence-electron chi connectivity index (χ4n) is 1.21. The number of aliphatic hydroxyl groups is 1. The lowest BCUT2D eigenvalue weighted by atomic mass is 9.97. The smallest absolute Gasteiger partial charge is 0.0692 e. The maximum absolute atomic E-state index is 9.31. The van der Waals surface area contributed by atoms with Crippen molar-refractivity contribution in [2.45, 2.75) is 19.4 Å².